The van der Waals surface area contributed by atoms with E-state index in [9.17, 15) is 29.1 Å². The molecule has 7 N–H and O–H groups in total. The summed E-state index contributed by atoms with van der Waals surface area (Å²) in [5.41, 5.74) is 7.80. The molecule has 12 nitrogen and oxygen atoms in total. The summed E-state index contributed by atoms with van der Waals surface area (Å²) in [5, 5.41) is 24.4. The van der Waals surface area contributed by atoms with Crippen molar-refractivity contribution < 1.29 is 34.2 Å². The number of likely N-dealkylation sites (tertiary alicyclic amines) is 1. The fourth-order valence-electron chi connectivity index (χ4n) is 4.39. The highest BCUT2D eigenvalue weighted by Crippen LogP contribution is 2.20. The number of rotatable bonds is 12. The molecule has 0 radical (unpaired) electrons. The maximum Gasteiger partial charge on any atom is 0.326 e. The van der Waals surface area contributed by atoms with Crippen LogP contribution in [-0.4, -0.2) is 86.2 Å². The van der Waals surface area contributed by atoms with Crippen LogP contribution in [0, 0.1) is 0 Å². The third-order valence-corrected chi connectivity index (χ3v) is 6.71. The van der Waals surface area contributed by atoms with Gasteiger partial charge in [-0.3, -0.25) is 19.2 Å². The normalized spacial score (nSPS) is 17.7. The van der Waals surface area contributed by atoms with Crippen molar-refractivity contribution in [3.8, 4) is 0 Å². The minimum Gasteiger partial charge on any atom is -0.481 e. The first kappa shape index (κ1) is 28.0. The standard InChI is InChI=1S/C24H31N5O7S/c25-15(10-13-11-26-16-5-2-1-4-14(13)16)21(32)27-17(7-8-20(30)31)22(33)28-18(12-37)23(34)29-9-3-6-19(29)24(35)36/h1-2,4-5,11,15,17-19,26,37H,3,6-10,12,25H2,(H,27,32)(H,28,33)(H,30,31)(H,35,36). The first-order valence-corrected chi connectivity index (χ1v) is 12.5. The minimum atomic E-state index is -1.28. The van der Waals surface area contributed by atoms with Gasteiger partial charge in [0, 0.05) is 35.8 Å². The number of carbonyl (C=O) groups is 5. The lowest BCUT2D eigenvalue weighted by atomic mass is 10.0. The maximum absolute atomic E-state index is 13.0. The zero-order valence-corrected chi connectivity index (χ0v) is 20.9. The summed E-state index contributed by atoms with van der Waals surface area (Å²) in [7, 11) is 0. The molecule has 200 valence electrons. The third-order valence-electron chi connectivity index (χ3n) is 6.35. The molecule has 1 aliphatic heterocycles. The fraction of sp³-hybridized carbons (Fsp3) is 0.458. The second kappa shape index (κ2) is 12.6. The molecule has 1 fully saturated rings. The van der Waals surface area contributed by atoms with Gasteiger partial charge in [0.15, 0.2) is 0 Å². The number of benzene rings is 1. The number of H-pyrrole nitrogens is 1. The van der Waals surface area contributed by atoms with E-state index >= 15 is 0 Å². The lowest BCUT2D eigenvalue weighted by Crippen LogP contribution is -2.57. The largest absolute Gasteiger partial charge is 0.481 e. The number of nitrogens with two attached hydrogens (primary N) is 1. The molecule has 37 heavy (non-hydrogen) atoms. The van der Waals surface area contributed by atoms with Gasteiger partial charge in [-0.1, -0.05) is 18.2 Å². The molecule has 2 aromatic rings. The van der Waals surface area contributed by atoms with Crippen molar-refractivity contribution in [2.24, 2.45) is 5.73 Å². The van der Waals surface area contributed by atoms with Crippen molar-refractivity contribution in [2.45, 2.75) is 56.3 Å². The average molecular weight is 534 g/mol. The van der Waals surface area contributed by atoms with Gasteiger partial charge >= 0.3 is 11.9 Å². The Morgan fingerprint density at radius 3 is 2.49 bits per heavy atom. The highest BCUT2D eigenvalue weighted by molar-refractivity contribution is 7.80. The Hall–Kier alpha value is -3.58. The Balaban J connectivity index is 1.67. The van der Waals surface area contributed by atoms with Crippen molar-refractivity contribution in [3.05, 3.63) is 36.0 Å². The summed E-state index contributed by atoms with van der Waals surface area (Å²) >= 11 is 4.12. The molecule has 4 unspecified atom stereocenters. The lowest BCUT2D eigenvalue weighted by Gasteiger charge is -2.28. The van der Waals surface area contributed by atoms with E-state index in [1.807, 2.05) is 24.3 Å². The smallest absolute Gasteiger partial charge is 0.326 e. The number of carbonyl (C=O) groups excluding carboxylic acids is 3. The summed E-state index contributed by atoms with van der Waals surface area (Å²) in [6, 6.07) is 3.06. The predicted octanol–water partition coefficient (Wildman–Crippen LogP) is -0.122. The second-order valence-electron chi connectivity index (χ2n) is 8.94. The van der Waals surface area contributed by atoms with Crippen molar-refractivity contribution in [3.63, 3.8) is 0 Å². The summed E-state index contributed by atoms with van der Waals surface area (Å²) < 4.78 is 0. The number of para-hydroxylation sites is 1. The molecule has 13 heteroatoms. The van der Waals surface area contributed by atoms with E-state index in [-0.39, 0.29) is 25.1 Å². The van der Waals surface area contributed by atoms with Gasteiger partial charge in [0.2, 0.25) is 17.7 Å². The quantitative estimate of drug-likeness (QED) is 0.183. The molecule has 1 aromatic heterocycles. The summed E-state index contributed by atoms with van der Waals surface area (Å²) in [5.74, 6) is -4.47. The van der Waals surface area contributed by atoms with Gasteiger partial charge in [-0.15, -0.1) is 0 Å². The van der Waals surface area contributed by atoms with E-state index in [4.69, 9.17) is 10.8 Å². The number of hydrogen-bond donors (Lipinski definition) is 7. The average Bonchev–Trinajstić information content (AvgIpc) is 3.52. The number of aliphatic carboxylic acids is 2. The van der Waals surface area contributed by atoms with Gasteiger partial charge in [-0.05, 0) is 37.3 Å². The van der Waals surface area contributed by atoms with Gasteiger partial charge in [-0.25, -0.2) is 4.79 Å². The molecular formula is C24H31N5O7S. The predicted molar refractivity (Wildman–Crippen MR) is 137 cm³/mol. The SMILES string of the molecule is NC(Cc1c[nH]c2ccccc12)C(=O)NC(CCC(=O)O)C(=O)NC(CS)C(=O)N1CCCC1C(=O)O. The van der Waals surface area contributed by atoms with E-state index in [1.165, 1.54) is 4.90 Å². The van der Waals surface area contributed by atoms with Crippen LogP contribution in [0.25, 0.3) is 10.9 Å². The summed E-state index contributed by atoms with van der Waals surface area (Å²) in [4.78, 5) is 65.7. The van der Waals surface area contributed by atoms with Gasteiger partial charge in [-0.2, -0.15) is 12.6 Å². The third kappa shape index (κ3) is 7.01. The van der Waals surface area contributed by atoms with E-state index in [0.717, 1.165) is 16.5 Å². The van der Waals surface area contributed by atoms with Crippen LogP contribution in [0.4, 0.5) is 0 Å². The van der Waals surface area contributed by atoms with E-state index in [2.05, 4.69) is 28.2 Å². The number of carboxylic acid groups (broad SMARTS) is 2. The van der Waals surface area contributed by atoms with Gasteiger partial charge in [0.05, 0.1) is 6.04 Å². The van der Waals surface area contributed by atoms with Crippen LogP contribution in [0.1, 0.15) is 31.2 Å². The van der Waals surface area contributed by atoms with Crippen LogP contribution < -0.4 is 16.4 Å². The highest BCUT2D eigenvalue weighted by atomic mass is 32.1. The van der Waals surface area contributed by atoms with Gasteiger partial charge in [0.1, 0.15) is 18.1 Å². The van der Waals surface area contributed by atoms with Gasteiger partial charge < -0.3 is 36.5 Å². The molecule has 0 bridgehead atoms. The maximum atomic E-state index is 13.0. The van der Waals surface area contributed by atoms with Crippen molar-refractivity contribution >= 4 is 53.2 Å². The highest BCUT2D eigenvalue weighted by Gasteiger charge is 2.38. The Labute approximate surface area is 218 Å². The van der Waals surface area contributed by atoms with Crippen LogP contribution in [0.5, 0.6) is 0 Å². The molecule has 1 aromatic carbocycles. The summed E-state index contributed by atoms with van der Waals surface area (Å²) in [6.07, 6.45) is 2.09. The van der Waals surface area contributed by atoms with Crippen LogP contribution >= 0.6 is 12.6 Å². The van der Waals surface area contributed by atoms with E-state index in [0.29, 0.717) is 12.8 Å². The summed E-state index contributed by atoms with van der Waals surface area (Å²) in [6.45, 7) is 0.234. The monoisotopic (exact) mass is 533 g/mol. The molecule has 3 rings (SSSR count). The molecule has 0 saturated carbocycles. The molecule has 4 atom stereocenters. The lowest BCUT2D eigenvalue weighted by molar-refractivity contribution is -0.149. The molecule has 1 aliphatic rings. The second-order valence-corrected chi connectivity index (χ2v) is 9.30. The number of aromatic amines is 1. The zero-order chi connectivity index (χ0) is 27.1. The molecule has 3 amide bonds. The van der Waals surface area contributed by atoms with Crippen LogP contribution in [0.15, 0.2) is 30.5 Å². The number of thiol groups is 1. The Bertz CT molecular complexity index is 1170. The van der Waals surface area contributed by atoms with E-state index in [1.54, 1.807) is 6.20 Å². The van der Waals surface area contributed by atoms with Crippen molar-refractivity contribution in [1.29, 1.82) is 0 Å². The molecule has 0 aliphatic carbocycles. The van der Waals surface area contributed by atoms with Gasteiger partial charge in [0.25, 0.3) is 0 Å². The number of nitrogens with one attached hydrogen (secondary N) is 3. The topological polar surface area (TPSA) is 195 Å². The molecule has 2 heterocycles. The molecular weight excluding hydrogens is 502 g/mol. The first-order chi connectivity index (χ1) is 17.6. The van der Waals surface area contributed by atoms with Crippen LogP contribution in [-0.2, 0) is 30.4 Å². The number of carboxylic acids is 2. The Morgan fingerprint density at radius 1 is 1.11 bits per heavy atom. The number of fused-ring (bicyclic) bond motifs is 1. The minimum absolute atomic E-state index is 0.118. The van der Waals surface area contributed by atoms with Crippen molar-refractivity contribution in [2.75, 3.05) is 12.3 Å². The first-order valence-electron chi connectivity index (χ1n) is 11.9. The fourth-order valence-corrected chi connectivity index (χ4v) is 4.64. The number of hydrogen-bond acceptors (Lipinski definition) is 7. The number of amides is 3. The molecule has 1 saturated heterocycles. The Morgan fingerprint density at radius 2 is 1.81 bits per heavy atom. The zero-order valence-electron chi connectivity index (χ0n) is 20.1. The van der Waals surface area contributed by atoms with Crippen molar-refractivity contribution in [1.82, 2.24) is 20.5 Å². The van der Waals surface area contributed by atoms with E-state index < -0.39 is 60.2 Å². The number of nitrogens with zero attached hydrogens (tertiary/aromatic N) is 1. The number of aromatic nitrogens is 1. The Kier molecular flexibility index (Phi) is 9.53. The molecule has 0 spiro atoms. The van der Waals surface area contributed by atoms with Crippen LogP contribution in [0.3, 0.4) is 0 Å². The van der Waals surface area contributed by atoms with Crippen LogP contribution in [0.2, 0.25) is 0 Å².